The number of anilines is 1. The van der Waals surface area contributed by atoms with Crippen LogP contribution in [0.5, 0.6) is 5.75 Å². The predicted molar refractivity (Wildman–Crippen MR) is 85.8 cm³/mol. The Balaban J connectivity index is 2.07. The first-order valence-corrected chi connectivity index (χ1v) is 8.35. The number of rotatable bonds is 6. The monoisotopic (exact) mass is 311 g/mol. The van der Waals surface area contributed by atoms with Crippen LogP contribution in [0.15, 0.2) is 18.2 Å². The normalized spacial score (nSPS) is 12.3. The number of hydrogen-bond acceptors (Lipinski definition) is 6. The van der Waals surface area contributed by atoms with Crippen LogP contribution in [0.1, 0.15) is 6.42 Å². The summed E-state index contributed by atoms with van der Waals surface area (Å²) in [5, 5.41) is 3.34. The van der Waals surface area contributed by atoms with Crippen LogP contribution in [0.25, 0.3) is 10.2 Å². The number of thioether (sulfide) groups is 1. The van der Waals surface area contributed by atoms with Crippen LogP contribution in [0, 0.1) is 0 Å². The summed E-state index contributed by atoms with van der Waals surface area (Å²) in [7, 11) is 1.62. The van der Waals surface area contributed by atoms with Gasteiger partial charge in [-0.25, -0.2) is 4.98 Å². The molecule has 0 spiro atoms. The number of hydrogen-bond donors (Lipinski definition) is 2. The van der Waals surface area contributed by atoms with Crippen molar-refractivity contribution in [1.29, 1.82) is 0 Å². The Morgan fingerprint density at radius 3 is 3.10 bits per heavy atom. The van der Waals surface area contributed by atoms with Crippen LogP contribution in [-0.2, 0) is 4.79 Å². The molecule has 0 saturated carbocycles. The molecule has 0 aliphatic rings. The topological polar surface area (TPSA) is 77.2 Å². The molecule has 2 rings (SSSR count). The molecule has 0 aliphatic heterocycles. The lowest BCUT2D eigenvalue weighted by molar-refractivity contribution is -0.117. The average Bonchev–Trinajstić information content (AvgIpc) is 2.85. The zero-order chi connectivity index (χ0) is 14.5. The number of fused-ring (bicyclic) bond motifs is 1. The molecule has 108 valence electrons. The molecular formula is C13H17N3O2S2. The fourth-order valence-electron chi connectivity index (χ4n) is 1.66. The van der Waals surface area contributed by atoms with E-state index in [2.05, 4.69) is 10.3 Å². The molecule has 0 radical (unpaired) electrons. The van der Waals surface area contributed by atoms with E-state index in [0.717, 1.165) is 21.7 Å². The number of ether oxygens (including phenoxy) is 1. The Morgan fingerprint density at radius 2 is 2.40 bits per heavy atom. The maximum absolute atomic E-state index is 11.9. The van der Waals surface area contributed by atoms with Crippen molar-refractivity contribution in [2.75, 3.05) is 24.4 Å². The van der Waals surface area contributed by atoms with Gasteiger partial charge in [0, 0.05) is 0 Å². The number of nitrogens with zero attached hydrogens (tertiary/aromatic N) is 1. The first kappa shape index (κ1) is 15.1. The highest BCUT2D eigenvalue weighted by molar-refractivity contribution is 7.98. The minimum Gasteiger partial charge on any atom is -0.497 e. The SMILES string of the molecule is COc1ccc2nc(NC(=O)[C@@H](N)CCSC)sc2c1. The lowest BCUT2D eigenvalue weighted by Crippen LogP contribution is -2.36. The predicted octanol–water partition coefficient (Wildman–Crippen LogP) is 2.32. The Morgan fingerprint density at radius 1 is 1.60 bits per heavy atom. The third-order valence-corrected chi connectivity index (χ3v) is 4.37. The van der Waals surface area contributed by atoms with Gasteiger partial charge in [0.25, 0.3) is 0 Å². The summed E-state index contributed by atoms with van der Waals surface area (Å²) in [5.41, 5.74) is 6.66. The quantitative estimate of drug-likeness (QED) is 0.856. The van der Waals surface area contributed by atoms with E-state index in [1.165, 1.54) is 11.3 Å². The number of carbonyl (C=O) groups is 1. The van der Waals surface area contributed by atoms with Crippen LogP contribution in [0.3, 0.4) is 0 Å². The van der Waals surface area contributed by atoms with Crippen molar-refractivity contribution >= 4 is 44.4 Å². The third-order valence-electron chi connectivity index (χ3n) is 2.80. The molecule has 0 aliphatic carbocycles. The van der Waals surface area contributed by atoms with Gasteiger partial charge in [-0.2, -0.15) is 11.8 Å². The summed E-state index contributed by atoms with van der Waals surface area (Å²) < 4.78 is 6.13. The fourth-order valence-corrected chi connectivity index (χ4v) is 3.05. The molecule has 3 N–H and O–H groups in total. The summed E-state index contributed by atoms with van der Waals surface area (Å²) in [5.74, 6) is 1.45. The molecular weight excluding hydrogens is 294 g/mol. The highest BCUT2D eigenvalue weighted by atomic mass is 32.2. The van der Waals surface area contributed by atoms with Crippen molar-refractivity contribution in [2.45, 2.75) is 12.5 Å². The van der Waals surface area contributed by atoms with Crippen molar-refractivity contribution in [3.05, 3.63) is 18.2 Å². The highest BCUT2D eigenvalue weighted by Gasteiger charge is 2.15. The number of methoxy groups -OCH3 is 1. The number of carbonyl (C=O) groups excluding carboxylic acids is 1. The van der Waals surface area contributed by atoms with Crippen molar-refractivity contribution in [1.82, 2.24) is 4.98 Å². The summed E-state index contributed by atoms with van der Waals surface area (Å²) in [6.07, 6.45) is 2.65. The Bertz CT molecular complexity index is 600. The average molecular weight is 311 g/mol. The molecule has 1 amide bonds. The van der Waals surface area contributed by atoms with Crippen LogP contribution >= 0.6 is 23.1 Å². The van der Waals surface area contributed by atoms with Gasteiger partial charge in [0.2, 0.25) is 5.91 Å². The van der Waals surface area contributed by atoms with Crippen molar-refractivity contribution in [3.8, 4) is 5.75 Å². The van der Waals surface area contributed by atoms with Gasteiger partial charge < -0.3 is 15.8 Å². The van der Waals surface area contributed by atoms with E-state index in [1.807, 2.05) is 24.5 Å². The molecule has 7 heteroatoms. The van der Waals surface area contributed by atoms with Gasteiger partial charge in [0.15, 0.2) is 5.13 Å². The smallest absolute Gasteiger partial charge is 0.243 e. The first-order valence-electron chi connectivity index (χ1n) is 6.14. The molecule has 1 aromatic heterocycles. The molecule has 1 heterocycles. The number of amides is 1. The molecule has 1 aromatic carbocycles. The van der Waals surface area contributed by atoms with Crippen LogP contribution in [0.4, 0.5) is 5.13 Å². The van der Waals surface area contributed by atoms with E-state index in [1.54, 1.807) is 18.9 Å². The van der Waals surface area contributed by atoms with Gasteiger partial charge in [0.1, 0.15) is 5.75 Å². The molecule has 0 unspecified atom stereocenters. The highest BCUT2D eigenvalue weighted by Crippen LogP contribution is 2.29. The van der Waals surface area contributed by atoms with E-state index in [0.29, 0.717) is 11.6 Å². The fraction of sp³-hybridized carbons (Fsp3) is 0.385. The van der Waals surface area contributed by atoms with E-state index < -0.39 is 6.04 Å². The Labute approximate surface area is 125 Å². The molecule has 2 aromatic rings. The van der Waals surface area contributed by atoms with Crippen molar-refractivity contribution in [2.24, 2.45) is 5.73 Å². The van der Waals surface area contributed by atoms with Crippen LogP contribution in [-0.4, -0.2) is 36.1 Å². The number of nitrogens with two attached hydrogens (primary N) is 1. The second-order valence-corrected chi connectivity index (χ2v) is 6.25. The second kappa shape index (κ2) is 6.92. The molecule has 0 saturated heterocycles. The van der Waals surface area contributed by atoms with Crippen molar-refractivity contribution < 1.29 is 9.53 Å². The maximum atomic E-state index is 11.9. The first-order chi connectivity index (χ1) is 9.63. The number of benzene rings is 1. The van der Waals surface area contributed by atoms with Crippen LogP contribution < -0.4 is 15.8 Å². The van der Waals surface area contributed by atoms with E-state index in [9.17, 15) is 4.79 Å². The van der Waals surface area contributed by atoms with Gasteiger partial charge in [-0.1, -0.05) is 11.3 Å². The van der Waals surface area contributed by atoms with E-state index >= 15 is 0 Å². The largest absolute Gasteiger partial charge is 0.497 e. The van der Waals surface area contributed by atoms with Gasteiger partial charge in [-0.3, -0.25) is 4.79 Å². The van der Waals surface area contributed by atoms with Crippen molar-refractivity contribution in [3.63, 3.8) is 0 Å². The van der Waals surface area contributed by atoms with E-state index in [-0.39, 0.29) is 5.91 Å². The molecule has 1 atom stereocenters. The van der Waals surface area contributed by atoms with Gasteiger partial charge >= 0.3 is 0 Å². The number of nitrogens with one attached hydrogen (secondary N) is 1. The lowest BCUT2D eigenvalue weighted by atomic mass is 10.2. The summed E-state index contributed by atoms with van der Waals surface area (Å²) >= 11 is 3.09. The molecule has 0 fully saturated rings. The zero-order valence-electron chi connectivity index (χ0n) is 11.4. The molecule has 5 nitrogen and oxygen atoms in total. The summed E-state index contributed by atoms with van der Waals surface area (Å²) in [6, 6.07) is 5.12. The summed E-state index contributed by atoms with van der Waals surface area (Å²) in [6.45, 7) is 0. The van der Waals surface area contributed by atoms with Gasteiger partial charge in [-0.05, 0) is 36.6 Å². The van der Waals surface area contributed by atoms with E-state index in [4.69, 9.17) is 10.5 Å². The second-order valence-electron chi connectivity index (χ2n) is 4.23. The maximum Gasteiger partial charge on any atom is 0.243 e. The third kappa shape index (κ3) is 3.62. The Kier molecular flexibility index (Phi) is 5.22. The number of thiazole rings is 1. The summed E-state index contributed by atoms with van der Waals surface area (Å²) in [4.78, 5) is 16.3. The van der Waals surface area contributed by atoms with Crippen LogP contribution in [0.2, 0.25) is 0 Å². The minimum absolute atomic E-state index is 0.190. The van der Waals surface area contributed by atoms with Gasteiger partial charge in [-0.15, -0.1) is 0 Å². The molecule has 0 bridgehead atoms. The zero-order valence-corrected chi connectivity index (χ0v) is 13.0. The standard InChI is InChI=1S/C13H17N3O2S2/c1-18-8-3-4-10-11(7-8)20-13(15-10)16-12(17)9(14)5-6-19-2/h3-4,7,9H,5-6,14H2,1-2H3,(H,15,16,17)/t9-/m0/s1. The minimum atomic E-state index is -0.496. The molecule has 20 heavy (non-hydrogen) atoms. The Hall–Kier alpha value is -1.31. The van der Waals surface area contributed by atoms with Gasteiger partial charge in [0.05, 0.1) is 23.4 Å². The lowest BCUT2D eigenvalue weighted by Gasteiger charge is -2.09. The number of aromatic nitrogens is 1.